The van der Waals surface area contributed by atoms with Crippen LogP contribution in [0, 0.1) is 0 Å². The smallest absolute Gasteiger partial charge is 0.255 e. The molecule has 0 aliphatic carbocycles. The highest BCUT2D eigenvalue weighted by atomic mass is 32.2. The van der Waals surface area contributed by atoms with Gasteiger partial charge in [0, 0.05) is 11.8 Å². The third kappa shape index (κ3) is 3.46. The highest BCUT2D eigenvalue weighted by Gasteiger charge is 2.12. The number of hydrogen-bond donors (Lipinski definition) is 1. The topological polar surface area (TPSA) is 107 Å². The van der Waals surface area contributed by atoms with Crippen LogP contribution in [0.4, 0.5) is 5.69 Å². The van der Waals surface area contributed by atoms with Gasteiger partial charge in [-0.25, -0.2) is 23.1 Å². The van der Waals surface area contributed by atoms with Gasteiger partial charge in [0.2, 0.25) is 0 Å². The highest BCUT2D eigenvalue weighted by molar-refractivity contribution is 7.90. The number of nitrogens with one attached hydrogen (secondary N) is 1. The summed E-state index contributed by atoms with van der Waals surface area (Å²) in [5, 5.41) is 6.62. The molecule has 0 bridgehead atoms. The summed E-state index contributed by atoms with van der Waals surface area (Å²) in [6.07, 6.45) is 5.48. The molecule has 0 radical (unpaired) electrons. The molecular weight excluding hydrogens is 330 g/mol. The molecule has 0 aliphatic heterocycles. The number of sulfone groups is 1. The average Bonchev–Trinajstić information content (AvgIpc) is 3.09. The van der Waals surface area contributed by atoms with E-state index in [0.717, 1.165) is 6.26 Å². The van der Waals surface area contributed by atoms with Crippen LogP contribution in [-0.2, 0) is 9.84 Å². The maximum absolute atomic E-state index is 12.2. The van der Waals surface area contributed by atoms with Crippen molar-refractivity contribution >= 4 is 21.4 Å². The van der Waals surface area contributed by atoms with Crippen LogP contribution >= 0.6 is 0 Å². The number of anilines is 1. The minimum atomic E-state index is -3.37. The summed E-state index contributed by atoms with van der Waals surface area (Å²) in [7, 11) is -3.37. The Morgan fingerprint density at radius 1 is 1.21 bits per heavy atom. The molecule has 24 heavy (non-hydrogen) atoms. The van der Waals surface area contributed by atoms with Crippen LogP contribution in [0.3, 0.4) is 0 Å². The monoisotopic (exact) mass is 343 g/mol. The average molecular weight is 343 g/mol. The molecule has 0 saturated heterocycles. The molecule has 2 aromatic heterocycles. The Bertz CT molecular complexity index is 967. The van der Waals surface area contributed by atoms with Crippen LogP contribution in [0.2, 0.25) is 0 Å². The molecule has 0 atom stereocenters. The van der Waals surface area contributed by atoms with Crippen molar-refractivity contribution < 1.29 is 13.2 Å². The molecule has 0 saturated carbocycles. The summed E-state index contributed by atoms with van der Waals surface area (Å²) < 4.78 is 24.6. The van der Waals surface area contributed by atoms with E-state index in [1.165, 1.54) is 41.7 Å². The normalized spacial score (nSPS) is 11.2. The van der Waals surface area contributed by atoms with Gasteiger partial charge >= 0.3 is 0 Å². The van der Waals surface area contributed by atoms with Gasteiger partial charge in [0.05, 0.1) is 16.8 Å². The lowest BCUT2D eigenvalue weighted by Gasteiger charge is -2.07. The number of nitrogens with zero attached hydrogens (tertiary/aromatic N) is 4. The fourth-order valence-corrected chi connectivity index (χ4v) is 2.66. The number of amides is 1. The lowest BCUT2D eigenvalue weighted by atomic mass is 10.2. The van der Waals surface area contributed by atoms with Gasteiger partial charge in [-0.15, -0.1) is 0 Å². The van der Waals surface area contributed by atoms with Crippen LogP contribution in [0.5, 0.6) is 0 Å². The van der Waals surface area contributed by atoms with Crippen LogP contribution in [0.1, 0.15) is 10.4 Å². The van der Waals surface area contributed by atoms with Crippen molar-refractivity contribution in [1.82, 2.24) is 19.7 Å². The second-order valence-electron chi connectivity index (χ2n) is 5.00. The number of benzene rings is 1. The first-order valence-electron chi connectivity index (χ1n) is 6.86. The predicted octanol–water partition coefficient (Wildman–Crippen LogP) is 1.32. The largest absolute Gasteiger partial charge is 0.321 e. The standard InChI is InChI=1S/C15H13N5O3S/c1-24(22,23)13-4-2-3-11(7-13)15(21)19-12-5-6-14(17-8-12)20-10-16-9-18-20/h2-10H,1H3,(H,19,21). The first-order chi connectivity index (χ1) is 11.4. The van der Waals surface area contributed by atoms with Gasteiger partial charge in [0.15, 0.2) is 15.7 Å². The lowest BCUT2D eigenvalue weighted by molar-refractivity contribution is 0.102. The molecule has 2 heterocycles. The van der Waals surface area contributed by atoms with Crippen LogP contribution in [0.25, 0.3) is 5.82 Å². The molecule has 9 heteroatoms. The summed E-state index contributed by atoms with van der Waals surface area (Å²) >= 11 is 0. The Balaban J connectivity index is 1.78. The zero-order valence-corrected chi connectivity index (χ0v) is 13.4. The van der Waals surface area contributed by atoms with Crippen molar-refractivity contribution in [2.45, 2.75) is 4.90 Å². The Labute approximate surface area is 138 Å². The van der Waals surface area contributed by atoms with Gasteiger partial charge in [-0.2, -0.15) is 5.10 Å². The molecule has 0 fully saturated rings. The molecule has 1 amide bonds. The summed E-state index contributed by atoms with van der Waals surface area (Å²) in [4.78, 5) is 20.3. The second-order valence-corrected chi connectivity index (χ2v) is 7.01. The molecule has 0 unspecified atom stereocenters. The molecule has 3 aromatic rings. The van der Waals surface area contributed by atoms with E-state index in [0.29, 0.717) is 11.5 Å². The van der Waals surface area contributed by atoms with Crippen molar-refractivity contribution in [3.63, 3.8) is 0 Å². The number of carbonyl (C=O) groups excluding carboxylic acids is 1. The van der Waals surface area contributed by atoms with E-state index < -0.39 is 15.7 Å². The molecule has 1 aromatic carbocycles. The summed E-state index contributed by atoms with van der Waals surface area (Å²) in [5.74, 6) is 0.139. The zero-order valence-electron chi connectivity index (χ0n) is 12.6. The number of carbonyl (C=O) groups is 1. The Hall–Kier alpha value is -3.07. The summed E-state index contributed by atoms with van der Waals surface area (Å²) in [6.45, 7) is 0. The zero-order chi connectivity index (χ0) is 17.2. The first-order valence-corrected chi connectivity index (χ1v) is 8.75. The Morgan fingerprint density at radius 2 is 2.04 bits per heavy atom. The van der Waals surface area contributed by atoms with Crippen molar-refractivity contribution in [3.05, 3.63) is 60.8 Å². The molecule has 1 N–H and O–H groups in total. The third-order valence-electron chi connectivity index (χ3n) is 3.18. The van der Waals surface area contributed by atoms with E-state index >= 15 is 0 Å². The maximum Gasteiger partial charge on any atom is 0.255 e. The van der Waals surface area contributed by atoms with E-state index in [-0.39, 0.29) is 10.5 Å². The fraction of sp³-hybridized carbons (Fsp3) is 0.0667. The summed E-state index contributed by atoms with van der Waals surface area (Å²) in [6, 6.07) is 9.20. The molecular formula is C15H13N5O3S. The molecule has 122 valence electrons. The first kappa shape index (κ1) is 15.8. The number of hydrogen-bond acceptors (Lipinski definition) is 6. The molecule has 0 spiro atoms. The van der Waals surface area contributed by atoms with Crippen molar-refractivity contribution in [1.29, 1.82) is 0 Å². The molecule has 3 rings (SSSR count). The number of aromatic nitrogens is 4. The minimum Gasteiger partial charge on any atom is -0.321 e. The molecule has 0 aliphatic rings. The van der Waals surface area contributed by atoms with Crippen LogP contribution < -0.4 is 5.32 Å². The van der Waals surface area contributed by atoms with E-state index in [1.54, 1.807) is 18.2 Å². The quantitative estimate of drug-likeness (QED) is 0.765. The highest BCUT2D eigenvalue weighted by Crippen LogP contribution is 2.14. The van der Waals surface area contributed by atoms with Crippen LogP contribution in [0.15, 0.2) is 60.1 Å². The van der Waals surface area contributed by atoms with Crippen LogP contribution in [-0.4, -0.2) is 40.3 Å². The third-order valence-corrected chi connectivity index (χ3v) is 4.29. The number of rotatable bonds is 4. The predicted molar refractivity (Wildman–Crippen MR) is 86.7 cm³/mol. The second kappa shape index (κ2) is 6.20. The van der Waals surface area contributed by atoms with E-state index in [1.807, 2.05) is 0 Å². The SMILES string of the molecule is CS(=O)(=O)c1cccc(C(=O)Nc2ccc(-n3cncn3)nc2)c1. The Kier molecular flexibility index (Phi) is 4.09. The maximum atomic E-state index is 12.2. The van der Waals surface area contributed by atoms with Crippen molar-refractivity contribution in [3.8, 4) is 5.82 Å². The van der Waals surface area contributed by atoms with Gasteiger partial charge in [0.25, 0.3) is 5.91 Å². The van der Waals surface area contributed by atoms with E-state index in [2.05, 4.69) is 20.4 Å². The van der Waals surface area contributed by atoms with Gasteiger partial charge in [-0.05, 0) is 30.3 Å². The summed E-state index contributed by atoms with van der Waals surface area (Å²) in [5.41, 5.74) is 0.729. The van der Waals surface area contributed by atoms with Crippen molar-refractivity contribution in [2.24, 2.45) is 0 Å². The van der Waals surface area contributed by atoms with Gasteiger partial charge < -0.3 is 5.32 Å². The molecule has 8 nitrogen and oxygen atoms in total. The van der Waals surface area contributed by atoms with Crippen molar-refractivity contribution in [2.75, 3.05) is 11.6 Å². The Morgan fingerprint density at radius 3 is 2.67 bits per heavy atom. The van der Waals surface area contributed by atoms with Gasteiger partial charge in [-0.1, -0.05) is 6.07 Å². The van der Waals surface area contributed by atoms with E-state index in [4.69, 9.17) is 0 Å². The van der Waals surface area contributed by atoms with Gasteiger partial charge in [0.1, 0.15) is 12.7 Å². The lowest BCUT2D eigenvalue weighted by Crippen LogP contribution is -2.13. The van der Waals surface area contributed by atoms with E-state index in [9.17, 15) is 13.2 Å². The number of pyridine rings is 1. The fourth-order valence-electron chi connectivity index (χ4n) is 1.99. The van der Waals surface area contributed by atoms with Gasteiger partial charge in [-0.3, -0.25) is 4.79 Å². The minimum absolute atomic E-state index is 0.0924.